The normalized spacial score (nSPS) is 17.4. The summed E-state index contributed by atoms with van der Waals surface area (Å²) >= 11 is 0. The Labute approximate surface area is 187 Å². The van der Waals surface area contributed by atoms with E-state index in [1.807, 2.05) is 59.1 Å². The van der Waals surface area contributed by atoms with Gasteiger partial charge in [0.05, 0.1) is 24.4 Å². The van der Waals surface area contributed by atoms with Crippen LogP contribution in [0.15, 0.2) is 48.7 Å². The number of hydrogen-bond acceptors (Lipinski definition) is 3. The minimum Gasteiger partial charge on any atom is -0.378 e. The first-order valence-electron chi connectivity index (χ1n) is 11.1. The predicted octanol–water partition coefficient (Wildman–Crippen LogP) is 3.58. The van der Waals surface area contributed by atoms with Crippen LogP contribution in [0.4, 0.5) is 5.69 Å². The number of fused-ring (bicyclic) bond motifs is 2. The molecule has 0 N–H and O–H groups in total. The Balaban J connectivity index is 1.60. The first kappa shape index (κ1) is 20.5. The van der Waals surface area contributed by atoms with E-state index in [0.717, 1.165) is 34.1 Å². The molecule has 0 aliphatic carbocycles. The first-order chi connectivity index (χ1) is 15.6. The van der Waals surface area contributed by atoms with Gasteiger partial charge < -0.3 is 19.1 Å². The van der Waals surface area contributed by atoms with Crippen LogP contribution in [0.1, 0.15) is 23.6 Å². The molecule has 1 saturated heterocycles. The van der Waals surface area contributed by atoms with Crippen molar-refractivity contribution in [2.24, 2.45) is 0 Å². The number of ether oxygens (including phenoxy) is 1. The monoisotopic (exact) mass is 429 g/mol. The molecule has 6 nitrogen and oxygen atoms in total. The van der Waals surface area contributed by atoms with Gasteiger partial charge in [0.25, 0.3) is 5.91 Å². The van der Waals surface area contributed by atoms with Gasteiger partial charge in [-0.1, -0.05) is 43.3 Å². The molecule has 0 radical (unpaired) electrons. The summed E-state index contributed by atoms with van der Waals surface area (Å²) in [7, 11) is 1.81. The van der Waals surface area contributed by atoms with Crippen LogP contribution in [0.5, 0.6) is 0 Å². The van der Waals surface area contributed by atoms with Crippen molar-refractivity contribution < 1.29 is 14.3 Å². The molecule has 1 aromatic heterocycles. The number of anilines is 1. The third kappa shape index (κ3) is 3.41. The lowest BCUT2D eigenvalue weighted by Crippen LogP contribution is -2.42. The Kier molecular flexibility index (Phi) is 5.31. The molecule has 0 saturated carbocycles. The number of morpholine rings is 1. The largest absolute Gasteiger partial charge is 0.378 e. The number of carbonyl (C=O) groups excluding carboxylic acids is 2. The van der Waals surface area contributed by atoms with Crippen LogP contribution >= 0.6 is 0 Å². The average molecular weight is 430 g/mol. The van der Waals surface area contributed by atoms with E-state index >= 15 is 0 Å². The number of benzene rings is 2. The zero-order chi connectivity index (χ0) is 22.2. The maximum atomic E-state index is 13.0. The van der Waals surface area contributed by atoms with Gasteiger partial charge in [0.15, 0.2) is 0 Å². The van der Waals surface area contributed by atoms with Crippen molar-refractivity contribution in [1.29, 1.82) is 0 Å². The van der Waals surface area contributed by atoms with E-state index in [2.05, 4.69) is 19.1 Å². The fourth-order valence-corrected chi connectivity index (χ4v) is 4.74. The third-order valence-electron chi connectivity index (χ3n) is 6.45. The second-order valence-electron chi connectivity index (χ2n) is 8.31. The molecule has 2 amide bonds. The van der Waals surface area contributed by atoms with Crippen LogP contribution in [0.2, 0.25) is 0 Å². The van der Waals surface area contributed by atoms with Crippen molar-refractivity contribution in [1.82, 2.24) is 9.47 Å². The molecule has 164 valence electrons. The van der Waals surface area contributed by atoms with Crippen molar-refractivity contribution in [3.8, 4) is 0 Å². The lowest BCUT2D eigenvalue weighted by Gasteiger charge is -2.27. The van der Waals surface area contributed by atoms with E-state index < -0.39 is 0 Å². The highest BCUT2D eigenvalue weighted by molar-refractivity contribution is 6.36. The maximum Gasteiger partial charge on any atom is 0.258 e. The second-order valence-corrected chi connectivity index (χ2v) is 8.31. The first-order valence-corrected chi connectivity index (χ1v) is 11.1. The molecule has 6 heteroatoms. The number of nitrogens with zero attached hydrogens (tertiary/aromatic N) is 3. The fraction of sp³-hybridized carbons (Fsp3) is 0.308. The molecule has 32 heavy (non-hydrogen) atoms. The molecule has 0 spiro atoms. The highest BCUT2D eigenvalue weighted by atomic mass is 16.5. The smallest absolute Gasteiger partial charge is 0.258 e. The van der Waals surface area contributed by atoms with Gasteiger partial charge in [0.1, 0.15) is 6.54 Å². The van der Waals surface area contributed by atoms with Crippen LogP contribution < -0.4 is 4.90 Å². The Hall–Kier alpha value is -3.38. The van der Waals surface area contributed by atoms with E-state index in [1.54, 1.807) is 4.90 Å². The molecular formula is C26H27N3O3. The summed E-state index contributed by atoms with van der Waals surface area (Å²) < 4.78 is 7.44. The summed E-state index contributed by atoms with van der Waals surface area (Å²) in [4.78, 5) is 29.6. The zero-order valence-electron chi connectivity index (χ0n) is 18.5. The molecule has 2 aromatic carbocycles. The summed E-state index contributed by atoms with van der Waals surface area (Å²) in [5.74, 6) is 0.0838. The molecule has 1 fully saturated rings. The standard InChI is InChI=1S/C26H27N3O3/c1-3-18-7-6-9-20-19(15-22-21-8-4-5-10-23(21)27(2)26(22)31)16-29(25(18)20)17-24(30)28-11-13-32-14-12-28/h4-10,15-16H,3,11-14,17H2,1-2H3. The van der Waals surface area contributed by atoms with Crippen LogP contribution in [0, 0.1) is 0 Å². The Morgan fingerprint density at radius 2 is 1.88 bits per heavy atom. The Bertz CT molecular complexity index is 1230. The molecule has 5 rings (SSSR count). The molecule has 2 aliphatic rings. The van der Waals surface area contributed by atoms with E-state index in [1.165, 1.54) is 5.56 Å². The molecule has 2 aliphatic heterocycles. The molecular weight excluding hydrogens is 402 g/mol. The highest BCUT2D eigenvalue weighted by Gasteiger charge is 2.29. The van der Waals surface area contributed by atoms with Gasteiger partial charge in [0.2, 0.25) is 5.91 Å². The summed E-state index contributed by atoms with van der Waals surface area (Å²) in [6.45, 7) is 4.84. The summed E-state index contributed by atoms with van der Waals surface area (Å²) in [6, 6.07) is 14.1. The Morgan fingerprint density at radius 3 is 2.66 bits per heavy atom. The van der Waals surface area contributed by atoms with Gasteiger partial charge in [0, 0.05) is 48.4 Å². The number of hydrogen-bond donors (Lipinski definition) is 0. The minimum absolute atomic E-state index is 0.0110. The fourth-order valence-electron chi connectivity index (χ4n) is 4.74. The lowest BCUT2D eigenvalue weighted by atomic mass is 10.0. The molecule has 0 bridgehead atoms. The topological polar surface area (TPSA) is 54.8 Å². The number of aryl methyl sites for hydroxylation is 1. The van der Waals surface area contributed by atoms with Gasteiger partial charge >= 0.3 is 0 Å². The van der Waals surface area contributed by atoms with E-state index in [9.17, 15) is 9.59 Å². The molecule has 0 atom stereocenters. The van der Waals surface area contributed by atoms with Crippen LogP contribution in [0.25, 0.3) is 22.6 Å². The minimum atomic E-state index is -0.0110. The number of para-hydroxylation sites is 2. The van der Waals surface area contributed by atoms with Gasteiger partial charge in [-0.15, -0.1) is 0 Å². The summed E-state index contributed by atoms with van der Waals surface area (Å²) in [5.41, 5.74) is 5.76. The average Bonchev–Trinajstić information content (AvgIpc) is 3.30. The summed E-state index contributed by atoms with van der Waals surface area (Å²) in [6.07, 6.45) is 4.86. The van der Waals surface area contributed by atoms with Crippen molar-refractivity contribution in [3.05, 3.63) is 65.4 Å². The number of likely N-dealkylation sites (N-methyl/N-ethyl adjacent to an activating group) is 1. The number of rotatable bonds is 4. The maximum absolute atomic E-state index is 13.0. The van der Waals surface area contributed by atoms with Gasteiger partial charge in [-0.05, 0) is 24.1 Å². The van der Waals surface area contributed by atoms with E-state index in [0.29, 0.717) is 31.9 Å². The van der Waals surface area contributed by atoms with Crippen molar-refractivity contribution >= 4 is 40.1 Å². The molecule has 3 heterocycles. The van der Waals surface area contributed by atoms with Crippen LogP contribution in [-0.4, -0.2) is 54.6 Å². The van der Waals surface area contributed by atoms with Crippen molar-refractivity contribution in [2.75, 3.05) is 38.3 Å². The van der Waals surface area contributed by atoms with Crippen LogP contribution in [0.3, 0.4) is 0 Å². The van der Waals surface area contributed by atoms with Gasteiger partial charge in [-0.2, -0.15) is 0 Å². The lowest BCUT2D eigenvalue weighted by molar-refractivity contribution is -0.135. The molecule has 0 unspecified atom stereocenters. The second kappa shape index (κ2) is 8.28. The van der Waals surface area contributed by atoms with Crippen molar-refractivity contribution in [2.45, 2.75) is 19.9 Å². The molecule has 3 aromatic rings. The summed E-state index contributed by atoms with van der Waals surface area (Å²) in [5, 5.41) is 1.06. The zero-order valence-corrected chi connectivity index (χ0v) is 18.5. The predicted molar refractivity (Wildman–Crippen MR) is 126 cm³/mol. The quantitative estimate of drug-likeness (QED) is 0.596. The number of carbonyl (C=O) groups is 2. The van der Waals surface area contributed by atoms with E-state index in [-0.39, 0.29) is 18.4 Å². The SMILES string of the molecule is CCc1cccc2c(C=C3C(=O)N(C)c4ccccc43)cn(CC(=O)N3CCOCC3)c12. The Morgan fingerprint density at radius 1 is 1.09 bits per heavy atom. The van der Waals surface area contributed by atoms with Crippen LogP contribution in [-0.2, 0) is 27.3 Å². The third-order valence-corrected chi connectivity index (χ3v) is 6.45. The van der Waals surface area contributed by atoms with Gasteiger partial charge in [-0.3, -0.25) is 9.59 Å². The number of amides is 2. The van der Waals surface area contributed by atoms with Crippen molar-refractivity contribution in [3.63, 3.8) is 0 Å². The highest BCUT2D eigenvalue weighted by Crippen LogP contribution is 2.38. The van der Waals surface area contributed by atoms with E-state index in [4.69, 9.17) is 4.74 Å². The number of aromatic nitrogens is 1. The van der Waals surface area contributed by atoms with Gasteiger partial charge in [-0.25, -0.2) is 0 Å².